The number of non-ortho nitro benzene ring substituents is 1. The van der Waals surface area contributed by atoms with E-state index in [9.17, 15) is 19.7 Å². The molecule has 0 N–H and O–H groups in total. The second-order valence-electron chi connectivity index (χ2n) is 7.08. The van der Waals surface area contributed by atoms with E-state index in [1.165, 1.54) is 24.3 Å². The van der Waals surface area contributed by atoms with Crippen LogP contribution in [-0.2, 0) is 4.74 Å². The second kappa shape index (κ2) is 9.86. The molecule has 0 saturated heterocycles. The molecule has 3 rings (SSSR count). The van der Waals surface area contributed by atoms with Crippen LogP contribution in [0.1, 0.15) is 59.7 Å². The van der Waals surface area contributed by atoms with Crippen molar-refractivity contribution in [3.05, 3.63) is 81.7 Å². The maximum Gasteiger partial charge on any atom is 0.358 e. The molecule has 9 heteroatoms. The van der Waals surface area contributed by atoms with Gasteiger partial charge in [-0.2, -0.15) is 5.10 Å². The van der Waals surface area contributed by atoms with Crippen molar-refractivity contribution in [2.24, 2.45) is 0 Å². The van der Waals surface area contributed by atoms with Crippen molar-refractivity contribution in [1.82, 2.24) is 9.78 Å². The van der Waals surface area contributed by atoms with E-state index in [2.05, 4.69) is 5.10 Å². The van der Waals surface area contributed by atoms with Crippen molar-refractivity contribution in [2.45, 2.75) is 33.1 Å². The average molecular weight is 437 g/mol. The molecule has 3 aromatic rings. The molecule has 0 amide bonds. The van der Waals surface area contributed by atoms with Crippen LogP contribution in [0.4, 0.5) is 5.69 Å². The zero-order valence-corrected chi connectivity index (χ0v) is 18.0. The topological polar surface area (TPSA) is 114 Å². The lowest BCUT2D eigenvalue weighted by Crippen LogP contribution is -2.10. The molecule has 166 valence electrons. The predicted molar refractivity (Wildman–Crippen MR) is 116 cm³/mol. The lowest BCUT2D eigenvalue weighted by molar-refractivity contribution is -0.384. The molecule has 1 heterocycles. The first kappa shape index (κ1) is 22.7. The molecule has 0 fully saturated rings. The largest absolute Gasteiger partial charge is 0.461 e. The normalized spacial score (nSPS) is 11.6. The van der Waals surface area contributed by atoms with Crippen LogP contribution in [0.2, 0.25) is 0 Å². The van der Waals surface area contributed by atoms with Crippen molar-refractivity contribution in [3.8, 4) is 11.4 Å². The smallest absolute Gasteiger partial charge is 0.358 e. The number of ether oxygens (including phenoxy) is 2. The molecule has 0 unspecified atom stereocenters. The van der Waals surface area contributed by atoms with E-state index in [0.717, 1.165) is 12.1 Å². The van der Waals surface area contributed by atoms with Crippen molar-refractivity contribution < 1.29 is 24.0 Å². The van der Waals surface area contributed by atoms with Gasteiger partial charge in [0.2, 0.25) is 0 Å². The summed E-state index contributed by atoms with van der Waals surface area (Å²) in [5.74, 6) is -0.730. The highest BCUT2D eigenvalue weighted by molar-refractivity contribution is 5.91. The molecule has 0 aliphatic rings. The maximum atomic E-state index is 12.4. The van der Waals surface area contributed by atoms with Crippen LogP contribution in [0.5, 0.6) is 5.75 Å². The van der Waals surface area contributed by atoms with E-state index in [1.54, 1.807) is 41.9 Å². The number of hydrogen-bond donors (Lipinski definition) is 0. The first-order valence-corrected chi connectivity index (χ1v) is 10.2. The molecular formula is C23H23N3O6. The third-order valence-electron chi connectivity index (χ3n) is 4.94. The van der Waals surface area contributed by atoms with E-state index < -0.39 is 16.9 Å². The minimum absolute atomic E-state index is 0.0901. The fourth-order valence-corrected chi connectivity index (χ4v) is 3.01. The van der Waals surface area contributed by atoms with Gasteiger partial charge in [0.1, 0.15) is 5.75 Å². The zero-order valence-electron chi connectivity index (χ0n) is 18.0. The molecule has 0 aliphatic carbocycles. The third kappa shape index (κ3) is 5.00. The van der Waals surface area contributed by atoms with Gasteiger partial charge in [-0.3, -0.25) is 10.1 Å². The Morgan fingerprint density at radius 2 is 1.72 bits per heavy atom. The highest BCUT2D eigenvalue weighted by atomic mass is 16.6. The molecule has 1 aromatic heterocycles. The van der Waals surface area contributed by atoms with Crippen LogP contribution in [0.15, 0.2) is 54.6 Å². The predicted octanol–water partition coefficient (Wildman–Crippen LogP) is 4.69. The second-order valence-corrected chi connectivity index (χ2v) is 7.08. The molecule has 0 radical (unpaired) electrons. The number of aromatic nitrogens is 2. The van der Waals surface area contributed by atoms with E-state index in [0.29, 0.717) is 11.3 Å². The summed E-state index contributed by atoms with van der Waals surface area (Å²) >= 11 is 0. The lowest BCUT2D eigenvalue weighted by Gasteiger charge is -2.12. The number of nitrogens with zero attached hydrogens (tertiary/aromatic N) is 3. The SMILES string of the molecule is CCOC(=O)c1cc([C@@H](C)CC)n(-c2ccc(C(=O)Oc3ccc([N+](=O)[O-])cc3)cc2)n1. The first-order chi connectivity index (χ1) is 15.3. The van der Waals surface area contributed by atoms with Gasteiger partial charge < -0.3 is 9.47 Å². The molecule has 2 aromatic carbocycles. The lowest BCUT2D eigenvalue weighted by atomic mass is 10.0. The summed E-state index contributed by atoms with van der Waals surface area (Å²) in [6.45, 7) is 6.08. The summed E-state index contributed by atoms with van der Waals surface area (Å²) in [5.41, 5.74) is 1.98. The summed E-state index contributed by atoms with van der Waals surface area (Å²) in [7, 11) is 0. The number of hydrogen-bond acceptors (Lipinski definition) is 7. The third-order valence-corrected chi connectivity index (χ3v) is 4.94. The maximum absolute atomic E-state index is 12.4. The van der Waals surface area contributed by atoms with Gasteiger partial charge in [-0.15, -0.1) is 0 Å². The monoisotopic (exact) mass is 437 g/mol. The Morgan fingerprint density at radius 1 is 1.06 bits per heavy atom. The molecular weight excluding hydrogens is 414 g/mol. The first-order valence-electron chi connectivity index (χ1n) is 10.2. The van der Waals surface area contributed by atoms with Gasteiger partial charge >= 0.3 is 11.9 Å². The van der Waals surface area contributed by atoms with Crippen molar-refractivity contribution in [1.29, 1.82) is 0 Å². The fraction of sp³-hybridized carbons (Fsp3) is 0.261. The van der Waals surface area contributed by atoms with E-state index >= 15 is 0 Å². The minimum Gasteiger partial charge on any atom is -0.461 e. The van der Waals surface area contributed by atoms with E-state index in [-0.39, 0.29) is 29.7 Å². The Hall–Kier alpha value is -4.01. The van der Waals surface area contributed by atoms with Gasteiger partial charge in [-0.05, 0) is 61.7 Å². The van der Waals surface area contributed by atoms with Crippen LogP contribution >= 0.6 is 0 Å². The highest BCUT2D eigenvalue weighted by Gasteiger charge is 2.20. The number of benzene rings is 2. The Balaban J connectivity index is 1.82. The van der Waals surface area contributed by atoms with Gasteiger partial charge in [0, 0.05) is 17.8 Å². The van der Waals surface area contributed by atoms with E-state index in [4.69, 9.17) is 9.47 Å². The van der Waals surface area contributed by atoms with Crippen LogP contribution < -0.4 is 4.74 Å². The molecule has 9 nitrogen and oxygen atoms in total. The van der Waals surface area contributed by atoms with Crippen LogP contribution in [0, 0.1) is 10.1 Å². The number of carbonyl (C=O) groups is 2. The summed E-state index contributed by atoms with van der Waals surface area (Å²) in [5, 5.41) is 15.1. The molecule has 0 bridgehead atoms. The van der Waals surface area contributed by atoms with Crippen molar-refractivity contribution in [3.63, 3.8) is 0 Å². The van der Waals surface area contributed by atoms with Crippen LogP contribution in [0.25, 0.3) is 5.69 Å². The molecule has 32 heavy (non-hydrogen) atoms. The van der Waals surface area contributed by atoms with Crippen molar-refractivity contribution in [2.75, 3.05) is 6.61 Å². The number of nitro groups is 1. The van der Waals surface area contributed by atoms with Gasteiger partial charge in [-0.1, -0.05) is 13.8 Å². The number of rotatable bonds is 8. The Morgan fingerprint density at radius 3 is 2.28 bits per heavy atom. The van der Waals surface area contributed by atoms with Crippen LogP contribution in [-0.4, -0.2) is 33.2 Å². The standard InChI is InChI=1S/C23H23N3O6/c1-4-15(3)21-14-20(23(28)31-5-2)24-25(21)17-8-6-16(7-9-17)22(27)32-19-12-10-18(11-13-19)26(29)30/h6-15H,4-5H2,1-3H3/t15-/m0/s1. The Kier molecular flexibility index (Phi) is 6.99. The molecule has 0 aliphatic heterocycles. The Labute approximate surface area is 184 Å². The summed E-state index contributed by atoms with van der Waals surface area (Å²) < 4.78 is 12.0. The Bertz CT molecular complexity index is 1120. The highest BCUT2D eigenvalue weighted by Crippen LogP contribution is 2.24. The van der Waals surface area contributed by atoms with Gasteiger partial charge in [0.25, 0.3) is 5.69 Å². The summed E-state index contributed by atoms with van der Waals surface area (Å²) in [6, 6.07) is 13.6. The quantitative estimate of drug-likeness (QED) is 0.217. The van der Waals surface area contributed by atoms with Crippen LogP contribution in [0.3, 0.4) is 0 Å². The molecule has 0 spiro atoms. The van der Waals surface area contributed by atoms with Gasteiger partial charge in [-0.25, -0.2) is 14.3 Å². The molecule has 0 saturated carbocycles. The average Bonchev–Trinajstić information content (AvgIpc) is 3.25. The number of esters is 2. The number of carbonyl (C=O) groups excluding carboxylic acids is 2. The summed E-state index contributed by atoms with van der Waals surface area (Å²) in [4.78, 5) is 34.8. The minimum atomic E-state index is -0.597. The van der Waals surface area contributed by atoms with Gasteiger partial charge in [0.15, 0.2) is 5.69 Å². The van der Waals surface area contributed by atoms with E-state index in [1.807, 2.05) is 13.8 Å². The fourth-order valence-electron chi connectivity index (χ4n) is 3.01. The number of nitro benzene ring substituents is 1. The zero-order chi connectivity index (χ0) is 23.3. The van der Waals surface area contributed by atoms with Crippen molar-refractivity contribution >= 4 is 17.6 Å². The molecule has 1 atom stereocenters. The van der Waals surface area contributed by atoms with Gasteiger partial charge in [0.05, 0.1) is 22.8 Å². The summed E-state index contributed by atoms with van der Waals surface area (Å²) in [6.07, 6.45) is 0.855.